The van der Waals surface area contributed by atoms with Crippen molar-refractivity contribution >= 4 is 18.0 Å². The number of rotatable bonds is 2. The van der Waals surface area contributed by atoms with Gasteiger partial charge in [-0.05, 0) is 36.2 Å². The van der Waals surface area contributed by atoms with Crippen LogP contribution in [0.5, 0.6) is 0 Å². The van der Waals surface area contributed by atoms with Crippen LogP contribution in [0.15, 0.2) is 12.2 Å². The summed E-state index contributed by atoms with van der Waals surface area (Å²) in [6, 6.07) is 0. The second-order valence-electron chi connectivity index (χ2n) is 9.09. The Labute approximate surface area is 152 Å². The third kappa shape index (κ3) is 2.03. The van der Waals surface area contributed by atoms with Crippen LogP contribution in [0.4, 0.5) is 0 Å². The lowest BCUT2D eigenvalue weighted by Crippen LogP contribution is -2.69. The Hall–Kier alpha value is -1.53. The molecule has 0 radical (unpaired) electrons. The van der Waals surface area contributed by atoms with Gasteiger partial charge in [0, 0.05) is 18.3 Å². The van der Waals surface area contributed by atoms with Crippen LogP contribution in [0.25, 0.3) is 0 Å². The number of cyclic esters (lactones) is 1. The Kier molecular flexibility index (Phi) is 3.77. The van der Waals surface area contributed by atoms with E-state index < -0.39 is 22.9 Å². The highest BCUT2D eigenvalue weighted by molar-refractivity contribution is 5.92. The maximum atomic E-state index is 13.2. The third-order valence-corrected chi connectivity index (χ3v) is 7.73. The molecule has 142 valence electrons. The van der Waals surface area contributed by atoms with E-state index in [4.69, 9.17) is 9.47 Å². The maximum absolute atomic E-state index is 13.2. The van der Waals surface area contributed by atoms with Crippen molar-refractivity contribution < 1.29 is 29.0 Å². The van der Waals surface area contributed by atoms with Gasteiger partial charge in [-0.25, -0.2) is 4.79 Å². The topological polar surface area (TPSA) is 89.9 Å². The van der Waals surface area contributed by atoms with Crippen molar-refractivity contribution in [3.63, 3.8) is 0 Å². The molecule has 6 nitrogen and oxygen atoms in total. The van der Waals surface area contributed by atoms with Crippen LogP contribution in [0.2, 0.25) is 0 Å². The minimum Gasteiger partial charge on any atom is -0.462 e. The Morgan fingerprint density at radius 3 is 2.69 bits per heavy atom. The van der Waals surface area contributed by atoms with Gasteiger partial charge in [0.15, 0.2) is 5.60 Å². The predicted octanol–water partition coefficient (Wildman–Crippen LogP) is 1.45. The monoisotopic (exact) mass is 362 g/mol. The zero-order chi connectivity index (χ0) is 18.9. The number of hydrogen-bond acceptors (Lipinski definition) is 6. The van der Waals surface area contributed by atoms with E-state index in [0.717, 1.165) is 0 Å². The molecule has 0 aromatic rings. The maximum Gasteiger partial charge on any atom is 0.338 e. The zero-order valence-electron chi connectivity index (χ0n) is 15.3. The third-order valence-electron chi connectivity index (χ3n) is 7.73. The van der Waals surface area contributed by atoms with Crippen LogP contribution >= 0.6 is 0 Å². The first kappa shape index (κ1) is 17.9. The standard InChI is InChI=1S/C20H26O6/c1-11(8-21)12-4-5-13-19(10-26-17(23)20(13,24)7-12)14-9-25-16(6-15(19)22)18(14,2)3/h8,12-14,16,24H,1,4-7,9-10H2,2-3H3/t12-,13+,14-,16-,19-,20+/m1/s1. The molecular weight excluding hydrogens is 336 g/mol. The molecule has 0 amide bonds. The van der Waals surface area contributed by atoms with Crippen molar-refractivity contribution in [2.75, 3.05) is 13.2 Å². The van der Waals surface area contributed by atoms with Gasteiger partial charge in [0.05, 0.1) is 18.1 Å². The molecule has 1 spiro atoms. The summed E-state index contributed by atoms with van der Waals surface area (Å²) in [6.45, 7) is 8.40. The number of carbonyl (C=O) groups is 3. The molecule has 2 bridgehead atoms. The van der Waals surface area contributed by atoms with Crippen molar-refractivity contribution in [3.8, 4) is 0 Å². The van der Waals surface area contributed by atoms with Gasteiger partial charge < -0.3 is 14.6 Å². The molecule has 2 aliphatic heterocycles. The average molecular weight is 362 g/mol. The molecule has 2 aliphatic carbocycles. The summed E-state index contributed by atoms with van der Waals surface area (Å²) in [6.07, 6.45) is 2.06. The van der Waals surface area contributed by atoms with Crippen molar-refractivity contribution in [1.82, 2.24) is 0 Å². The van der Waals surface area contributed by atoms with Crippen LogP contribution in [0.3, 0.4) is 0 Å². The van der Waals surface area contributed by atoms with E-state index in [-0.39, 0.29) is 48.6 Å². The van der Waals surface area contributed by atoms with Crippen molar-refractivity contribution in [1.29, 1.82) is 0 Å². The summed E-state index contributed by atoms with van der Waals surface area (Å²) in [4.78, 5) is 36.9. The molecule has 2 saturated heterocycles. The minimum atomic E-state index is -1.76. The van der Waals surface area contributed by atoms with E-state index in [1.165, 1.54) is 0 Å². The molecule has 2 saturated carbocycles. The fraction of sp³-hybridized carbons (Fsp3) is 0.750. The number of allylic oxidation sites excluding steroid dienone is 1. The van der Waals surface area contributed by atoms with E-state index >= 15 is 0 Å². The lowest BCUT2D eigenvalue weighted by atomic mass is 9.46. The van der Waals surface area contributed by atoms with E-state index in [2.05, 4.69) is 20.4 Å². The Balaban J connectivity index is 1.78. The van der Waals surface area contributed by atoms with Crippen molar-refractivity contribution in [2.24, 2.45) is 28.6 Å². The normalized spacial score (nSPS) is 46.6. The lowest BCUT2D eigenvalue weighted by molar-refractivity contribution is -0.228. The first-order valence-electron chi connectivity index (χ1n) is 9.36. The number of hydrogen-bond donors (Lipinski definition) is 1. The molecule has 4 rings (SSSR count). The molecule has 26 heavy (non-hydrogen) atoms. The van der Waals surface area contributed by atoms with E-state index in [1.807, 2.05) is 0 Å². The van der Waals surface area contributed by atoms with Gasteiger partial charge in [0.1, 0.15) is 18.7 Å². The summed E-state index contributed by atoms with van der Waals surface area (Å²) < 4.78 is 11.3. The molecule has 6 heteroatoms. The highest BCUT2D eigenvalue weighted by Crippen LogP contribution is 2.63. The quantitative estimate of drug-likeness (QED) is 0.454. The molecule has 0 unspecified atom stereocenters. The summed E-state index contributed by atoms with van der Waals surface area (Å²) in [5, 5.41) is 11.4. The number of carbonyl (C=O) groups excluding carboxylic acids is 3. The number of aliphatic hydroxyl groups is 1. The largest absolute Gasteiger partial charge is 0.462 e. The van der Waals surface area contributed by atoms with E-state index in [9.17, 15) is 19.5 Å². The fourth-order valence-electron chi connectivity index (χ4n) is 6.13. The Morgan fingerprint density at radius 2 is 2.00 bits per heavy atom. The first-order valence-corrected chi connectivity index (χ1v) is 9.36. The van der Waals surface area contributed by atoms with Gasteiger partial charge in [0.25, 0.3) is 0 Å². The van der Waals surface area contributed by atoms with Crippen LogP contribution in [-0.4, -0.2) is 48.1 Å². The fourth-order valence-corrected chi connectivity index (χ4v) is 6.13. The molecule has 4 aliphatic rings. The van der Waals surface area contributed by atoms with Crippen molar-refractivity contribution in [3.05, 3.63) is 12.2 Å². The number of fused-ring (bicyclic) bond motifs is 5. The SMILES string of the molecule is C=C(C=O)[C@@H]1CC[C@H]2[C@@]3(COC(=O)[C@]2(O)C1)C(=O)C[C@H]1OC[C@@H]3C1(C)C. The Bertz CT molecular complexity index is 696. The van der Waals surface area contributed by atoms with Crippen LogP contribution in [-0.2, 0) is 23.9 Å². The lowest BCUT2D eigenvalue weighted by Gasteiger charge is -2.59. The van der Waals surface area contributed by atoms with Gasteiger partial charge in [-0.15, -0.1) is 0 Å². The summed E-state index contributed by atoms with van der Waals surface area (Å²) in [5.41, 5.74) is -2.51. The number of aldehydes is 1. The van der Waals surface area contributed by atoms with Gasteiger partial charge in [-0.3, -0.25) is 9.59 Å². The highest BCUT2D eigenvalue weighted by atomic mass is 16.6. The second kappa shape index (κ2) is 5.49. The van der Waals surface area contributed by atoms with Gasteiger partial charge >= 0.3 is 5.97 Å². The zero-order valence-corrected chi connectivity index (χ0v) is 15.3. The molecule has 1 N–H and O–H groups in total. The number of ether oxygens (including phenoxy) is 2. The minimum absolute atomic E-state index is 0.0150. The molecule has 0 aromatic carbocycles. The average Bonchev–Trinajstić information content (AvgIpc) is 2.80. The summed E-state index contributed by atoms with van der Waals surface area (Å²) in [5.74, 6) is -1.52. The number of Topliss-reactive ketones (excluding diaryl/α,β-unsaturated/α-hetero) is 1. The van der Waals surface area contributed by atoms with E-state index in [1.54, 1.807) is 0 Å². The second-order valence-corrected chi connectivity index (χ2v) is 9.09. The highest BCUT2D eigenvalue weighted by Gasteiger charge is 2.72. The molecule has 2 heterocycles. The van der Waals surface area contributed by atoms with Crippen LogP contribution in [0, 0.1) is 28.6 Å². The van der Waals surface area contributed by atoms with Crippen molar-refractivity contribution in [2.45, 2.75) is 51.2 Å². The number of esters is 1. The van der Waals surface area contributed by atoms with Gasteiger partial charge in [-0.1, -0.05) is 20.4 Å². The van der Waals surface area contributed by atoms with Crippen LogP contribution < -0.4 is 0 Å². The van der Waals surface area contributed by atoms with Gasteiger partial charge in [0.2, 0.25) is 0 Å². The van der Waals surface area contributed by atoms with Crippen LogP contribution in [0.1, 0.15) is 39.5 Å². The molecule has 0 aromatic heterocycles. The molecule has 6 atom stereocenters. The van der Waals surface area contributed by atoms with E-state index in [0.29, 0.717) is 31.3 Å². The smallest absolute Gasteiger partial charge is 0.338 e. The van der Waals surface area contributed by atoms with Gasteiger partial charge in [-0.2, -0.15) is 0 Å². The molecular formula is C20H26O6. The summed E-state index contributed by atoms with van der Waals surface area (Å²) >= 11 is 0. The molecule has 4 fully saturated rings. The predicted molar refractivity (Wildman–Crippen MR) is 91.0 cm³/mol. The first-order chi connectivity index (χ1) is 12.2. The summed E-state index contributed by atoms with van der Waals surface area (Å²) in [7, 11) is 0. The number of ketones is 1. The Morgan fingerprint density at radius 1 is 1.27 bits per heavy atom.